The lowest BCUT2D eigenvalue weighted by Crippen LogP contribution is -2.06. The van der Waals surface area contributed by atoms with Gasteiger partial charge in [-0.2, -0.15) is 23.3 Å². The van der Waals surface area contributed by atoms with Crippen LogP contribution in [0.25, 0.3) is 22.3 Å². The van der Waals surface area contributed by atoms with Gasteiger partial charge in [-0.3, -0.25) is 0 Å². The van der Waals surface area contributed by atoms with Crippen molar-refractivity contribution in [2.45, 2.75) is 6.18 Å². The van der Waals surface area contributed by atoms with Crippen molar-refractivity contribution in [1.29, 1.82) is 0 Å². The van der Waals surface area contributed by atoms with Gasteiger partial charge in [0.2, 0.25) is 5.95 Å². The molecule has 2 aromatic heterocycles. The minimum absolute atomic E-state index is 0.0202. The molecule has 0 bridgehead atoms. The number of rotatable bonds is 1. The molecular formula is C13H9ClF3N5O. The van der Waals surface area contributed by atoms with Crippen molar-refractivity contribution in [3.8, 4) is 17.0 Å². The highest BCUT2D eigenvalue weighted by Gasteiger charge is 2.35. The zero-order chi connectivity index (χ0) is 16.9. The number of aromatic hydroxyl groups is 1. The second-order valence-corrected chi connectivity index (χ2v) is 5.20. The molecule has 0 aliphatic rings. The van der Waals surface area contributed by atoms with Crippen molar-refractivity contribution in [3.63, 3.8) is 0 Å². The molecule has 0 saturated carbocycles. The molecule has 0 atom stereocenters. The molecule has 6 nitrogen and oxygen atoms in total. The molecule has 0 aliphatic heterocycles. The SMILES string of the molecule is Cn1nc(-c2cc(Cl)c(O)c(C(F)(F)F)c2)c2cnc(N)nc21. The van der Waals surface area contributed by atoms with Crippen molar-refractivity contribution >= 4 is 28.6 Å². The summed E-state index contributed by atoms with van der Waals surface area (Å²) < 4.78 is 40.4. The monoisotopic (exact) mass is 343 g/mol. The van der Waals surface area contributed by atoms with E-state index in [-0.39, 0.29) is 17.2 Å². The smallest absolute Gasteiger partial charge is 0.420 e. The van der Waals surface area contributed by atoms with Crippen molar-refractivity contribution in [2.75, 3.05) is 5.73 Å². The van der Waals surface area contributed by atoms with Crippen molar-refractivity contribution < 1.29 is 18.3 Å². The molecule has 3 aromatic rings. The van der Waals surface area contributed by atoms with E-state index in [9.17, 15) is 18.3 Å². The summed E-state index contributed by atoms with van der Waals surface area (Å²) >= 11 is 5.72. The lowest BCUT2D eigenvalue weighted by Gasteiger charge is -2.11. The third kappa shape index (κ3) is 2.52. The van der Waals surface area contributed by atoms with Gasteiger partial charge in [-0.1, -0.05) is 11.6 Å². The normalized spacial score (nSPS) is 12.0. The van der Waals surface area contributed by atoms with Gasteiger partial charge in [0, 0.05) is 18.8 Å². The number of halogens is 4. The Hall–Kier alpha value is -2.55. The number of alkyl halides is 3. The molecule has 0 saturated heterocycles. The molecule has 0 unspecified atom stereocenters. The van der Waals surface area contributed by atoms with Crippen molar-refractivity contribution in [1.82, 2.24) is 19.7 Å². The zero-order valence-electron chi connectivity index (χ0n) is 11.6. The Kier molecular flexibility index (Phi) is 3.33. The molecule has 0 fully saturated rings. The van der Waals surface area contributed by atoms with Gasteiger partial charge in [0.15, 0.2) is 5.65 Å². The highest BCUT2D eigenvalue weighted by Crippen LogP contribution is 2.42. The van der Waals surface area contributed by atoms with Crippen LogP contribution in [0.15, 0.2) is 18.3 Å². The fraction of sp³-hybridized carbons (Fsp3) is 0.154. The number of aryl methyl sites for hydroxylation is 1. The van der Waals surface area contributed by atoms with Crippen LogP contribution in [-0.2, 0) is 13.2 Å². The summed E-state index contributed by atoms with van der Waals surface area (Å²) in [4.78, 5) is 7.82. The van der Waals surface area contributed by atoms with Gasteiger partial charge < -0.3 is 10.8 Å². The third-order valence-electron chi connectivity index (χ3n) is 3.24. The van der Waals surface area contributed by atoms with E-state index < -0.39 is 22.5 Å². The maximum Gasteiger partial charge on any atom is 0.420 e. The van der Waals surface area contributed by atoms with Crippen molar-refractivity contribution in [2.24, 2.45) is 7.05 Å². The summed E-state index contributed by atoms with van der Waals surface area (Å²) in [6, 6.07) is 1.98. The lowest BCUT2D eigenvalue weighted by atomic mass is 10.1. The summed E-state index contributed by atoms with van der Waals surface area (Å²) in [7, 11) is 1.57. The summed E-state index contributed by atoms with van der Waals surface area (Å²) in [5, 5.41) is 13.7. The first-order valence-electron chi connectivity index (χ1n) is 6.24. The molecule has 2 heterocycles. The fourth-order valence-electron chi connectivity index (χ4n) is 2.22. The molecule has 10 heteroatoms. The number of phenols is 1. The number of hydrogen-bond acceptors (Lipinski definition) is 5. The van der Waals surface area contributed by atoms with Crippen LogP contribution in [0.5, 0.6) is 5.75 Å². The van der Waals surface area contributed by atoms with Crippen LogP contribution < -0.4 is 5.73 Å². The van der Waals surface area contributed by atoms with E-state index in [1.165, 1.54) is 16.9 Å². The van der Waals surface area contributed by atoms with E-state index in [4.69, 9.17) is 17.3 Å². The van der Waals surface area contributed by atoms with Gasteiger partial charge in [0.05, 0.1) is 16.0 Å². The minimum Gasteiger partial charge on any atom is -0.506 e. The molecule has 3 rings (SSSR count). The molecule has 0 aliphatic carbocycles. The number of hydrogen-bond donors (Lipinski definition) is 2. The van der Waals surface area contributed by atoms with Gasteiger partial charge in [-0.05, 0) is 12.1 Å². The number of fused-ring (bicyclic) bond motifs is 1. The molecule has 23 heavy (non-hydrogen) atoms. The highest BCUT2D eigenvalue weighted by atomic mass is 35.5. The van der Waals surface area contributed by atoms with E-state index >= 15 is 0 Å². The van der Waals surface area contributed by atoms with Gasteiger partial charge in [0.1, 0.15) is 11.4 Å². The van der Waals surface area contributed by atoms with Gasteiger partial charge in [-0.15, -0.1) is 0 Å². The number of aromatic nitrogens is 4. The summed E-state index contributed by atoms with van der Waals surface area (Å²) in [5.74, 6) is -1.00. The average Bonchev–Trinajstić information content (AvgIpc) is 2.77. The van der Waals surface area contributed by atoms with Crippen LogP contribution in [-0.4, -0.2) is 24.9 Å². The van der Waals surface area contributed by atoms with Crippen LogP contribution in [0.3, 0.4) is 0 Å². The second kappa shape index (κ2) is 4.98. The molecule has 3 N–H and O–H groups in total. The summed E-state index contributed by atoms with van der Waals surface area (Å²) in [6.45, 7) is 0. The number of nitrogens with zero attached hydrogens (tertiary/aromatic N) is 4. The Morgan fingerprint density at radius 1 is 1.30 bits per heavy atom. The number of benzene rings is 1. The first-order chi connectivity index (χ1) is 10.7. The lowest BCUT2D eigenvalue weighted by molar-refractivity contribution is -0.138. The zero-order valence-corrected chi connectivity index (χ0v) is 12.3. The fourth-order valence-corrected chi connectivity index (χ4v) is 2.44. The minimum atomic E-state index is -4.75. The molecule has 0 spiro atoms. The molecular weight excluding hydrogens is 335 g/mol. The van der Waals surface area contributed by atoms with Gasteiger partial charge in [-0.25, -0.2) is 9.67 Å². The van der Waals surface area contributed by atoms with Crippen LogP contribution in [0.2, 0.25) is 5.02 Å². The number of nitrogens with two attached hydrogens (primary N) is 1. The van der Waals surface area contributed by atoms with Gasteiger partial charge >= 0.3 is 6.18 Å². The standard InChI is InChI=1S/C13H9ClF3N5O/c1-22-11-6(4-19-12(18)20-11)9(21-22)5-2-7(13(15,16)17)10(23)8(14)3-5/h2-4,23H,1H3,(H2,18,19,20). The molecule has 120 valence electrons. The Bertz CT molecular complexity index is 922. The third-order valence-corrected chi connectivity index (χ3v) is 3.53. The molecule has 0 amide bonds. The van der Waals surface area contributed by atoms with Crippen LogP contribution in [0.4, 0.5) is 19.1 Å². The predicted molar refractivity (Wildman–Crippen MR) is 77.8 cm³/mol. The Balaban J connectivity index is 2.30. The predicted octanol–water partition coefficient (Wildman–Crippen LogP) is 2.99. The highest BCUT2D eigenvalue weighted by molar-refractivity contribution is 6.32. The maximum absolute atomic E-state index is 13.0. The number of phenolic OH excluding ortho intramolecular Hbond substituents is 1. The van der Waals surface area contributed by atoms with E-state index in [2.05, 4.69) is 15.1 Å². The maximum atomic E-state index is 13.0. The first-order valence-corrected chi connectivity index (χ1v) is 6.61. The summed E-state index contributed by atoms with van der Waals surface area (Å²) in [5.41, 5.74) is 4.91. The quantitative estimate of drug-likeness (QED) is 0.709. The van der Waals surface area contributed by atoms with E-state index in [1.807, 2.05) is 0 Å². The average molecular weight is 344 g/mol. The summed E-state index contributed by atoms with van der Waals surface area (Å²) in [6.07, 6.45) is -3.39. The topological polar surface area (TPSA) is 89.8 Å². The Labute approximate surface area is 132 Å². The van der Waals surface area contributed by atoms with Crippen LogP contribution in [0, 0.1) is 0 Å². The number of anilines is 1. The molecule has 1 aromatic carbocycles. The largest absolute Gasteiger partial charge is 0.506 e. The van der Waals surface area contributed by atoms with Gasteiger partial charge in [0.25, 0.3) is 0 Å². The Morgan fingerprint density at radius 2 is 2.00 bits per heavy atom. The first kappa shape index (κ1) is 15.3. The van der Waals surface area contributed by atoms with E-state index in [1.54, 1.807) is 7.05 Å². The second-order valence-electron chi connectivity index (χ2n) is 4.79. The van der Waals surface area contributed by atoms with Crippen LogP contribution >= 0.6 is 11.6 Å². The number of nitrogen functional groups attached to an aromatic ring is 1. The molecule has 0 radical (unpaired) electrons. The Morgan fingerprint density at radius 3 is 2.65 bits per heavy atom. The van der Waals surface area contributed by atoms with E-state index in [0.717, 1.165) is 6.07 Å². The van der Waals surface area contributed by atoms with Crippen LogP contribution in [0.1, 0.15) is 5.56 Å². The van der Waals surface area contributed by atoms with Crippen molar-refractivity contribution in [3.05, 3.63) is 28.9 Å². The van der Waals surface area contributed by atoms with E-state index in [0.29, 0.717) is 11.0 Å².